The number of nitrogens with one attached hydrogen (secondary N) is 2. The summed E-state index contributed by atoms with van der Waals surface area (Å²) < 4.78 is 10.2. The van der Waals surface area contributed by atoms with Gasteiger partial charge in [-0.25, -0.2) is 4.79 Å². The molecule has 32 heavy (non-hydrogen) atoms. The Bertz CT molecular complexity index is 939. The van der Waals surface area contributed by atoms with Crippen LogP contribution in [0.5, 0.6) is 5.75 Å². The van der Waals surface area contributed by atoms with Gasteiger partial charge in [-0.2, -0.15) is 0 Å². The first kappa shape index (κ1) is 25.0. The van der Waals surface area contributed by atoms with E-state index in [0.29, 0.717) is 16.3 Å². The molecule has 0 aliphatic rings. The van der Waals surface area contributed by atoms with Crippen molar-refractivity contribution in [2.75, 3.05) is 7.11 Å². The number of aliphatic hydroxyl groups is 1. The van der Waals surface area contributed by atoms with Crippen molar-refractivity contribution in [2.45, 2.75) is 38.1 Å². The Morgan fingerprint density at radius 1 is 1.09 bits per heavy atom. The average Bonchev–Trinajstić information content (AvgIpc) is 2.76. The maximum atomic E-state index is 12.7. The van der Waals surface area contributed by atoms with E-state index in [1.165, 1.54) is 14.0 Å². The number of ether oxygens (including phenoxy) is 2. The maximum Gasteiger partial charge on any atom is 0.408 e. The first-order valence-electron chi connectivity index (χ1n) is 9.78. The van der Waals surface area contributed by atoms with Gasteiger partial charge in [0.2, 0.25) is 11.8 Å². The molecule has 2 aromatic carbocycles. The molecule has 3 atom stereocenters. The van der Waals surface area contributed by atoms with Crippen molar-refractivity contribution in [3.05, 3.63) is 64.7 Å². The number of hydrogen-bond acceptors (Lipinski definition) is 6. The van der Waals surface area contributed by atoms with Gasteiger partial charge in [-0.05, 0) is 30.2 Å². The summed E-state index contributed by atoms with van der Waals surface area (Å²) in [6.07, 6.45) is -2.11. The van der Waals surface area contributed by atoms with Crippen LogP contribution in [0.4, 0.5) is 4.79 Å². The van der Waals surface area contributed by atoms with Crippen LogP contribution in [0.1, 0.15) is 18.1 Å². The molecular weight excluding hydrogens is 438 g/mol. The Morgan fingerprint density at radius 2 is 1.78 bits per heavy atom. The number of benzene rings is 2. The minimum atomic E-state index is -1.36. The highest BCUT2D eigenvalue weighted by Gasteiger charge is 2.29. The van der Waals surface area contributed by atoms with E-state index in [1.807, 2.05) is 6.07 Å². The summed E-state index contributed by atoms with van der Waals surface area (Å²) in [6, 6.07) is 11.4. The summed E-state index contributed by atoms with van der Waals surface area (Å²) in [6.45, 7) is 1.31. The second kappa shape index (κ2) is 11.9. The summed E-state index contributed by atoms with van der Waals surface area (Å²) in [5, 5.41) is 15.1. The molecule has 5 N–H and O–H groups in total. The van der Waals surface area contributed by atoms with Crippen LogP contribution in [0, 0.1) is 0 Å². The third-order valence-electron chi connectivity index (χ3n) is 4.57. The van der Waals surface area contributed by atoms with E-state index >= 15 is 0 Å². The van der Waals surface area contributed by atoms with Crippen LogP contribution in [0.3, 0.4) is 0 Å². The molecule has 0 aliphatic heterocycles. The molecule has 0 unspecified atom stereocenters. The minimum absolute atomic E-state index is 0.0110. The van der Waals surface area contributed by atoms with Crippen LogP contribution in [0.15, 0.2) is 48.5 Å². The van der Waals surface area contributed by atoms with Crippen LogP contribution in [-0.4, -0.2) is 48.3 Å². The van der Waals surface area contributed by atoms with Gasteiger partial charge in [0.15, 0.2) is 0 Å². The number of carbonyl (C=O) groups is 3. The molecule has 2 rings (SSSR count). The minimum Gasteiger partial charge on any atom is -0.495 e. The Balaban J connectivity index is 2.01. The van der Waals surface area contributed by atoms with Gasteiger partial charge >= 0.3 is 6.09 Å². The van der Waals surface area contributed by atoms with E-state index in [1.54, 1.807) is 42.5 Å². The highest BCUT2D eigenvalue weighted by molar-refractivity contribution is 6.32. The number of nitrogens with two attached hydrogens (primary N) is 1. The second-order valence-electron chi connectivity index (χ2n) is 7.06. The number of methoxy groups -OCH3 is 1. The second-order valence-corrected chi connectivity index (χ2v) is 7.47. The normalized spacial score (nSPS) is 13.4. The molecule has 172 valence electrons. The molecule has 0 saturated heterocycles. The highest BCUT2D eigenvalue weighted by Crippen LogP contribution is 2.25. The lowest BCUT2D eigenvalue weighted by Gasteiger charge is -2.23. The van der Waals surface area contributed by atoms with Gasteiger partial charge in [0.25, 0.3) is 0 Å². The Labute approximate surface area is 190 Å². The molecule has 9 nitrogen and oxygen atoms in total. The standard InChI is InChI=1S/C22H26ClN3O6/c1-13(27)19(26-22(30)32-12-14-6-4-3-5-7-14)21(29)25-17(20(24)28)11-15-8-9-18(31-2)16(23)10-15/h3-10,13,17,19,27H,11-12H2,1-2H3,(H2,24,28)(H,25,29)(H,26,30)/t13-,17-,19+/m1/s1. The number of amides is 3. The van der Waals surface area contributed by atoms with Crippen molar-refractivity contribution < 1.29 is 29.0 Å². The fraction of sp³-hybridized carbons (Fsp3) is 0.318. The summed E-state index contributed by atoms with van der Waals surface area (Å²) in [7, 11) is 1.47. The van der Waals surface area contributed by atoms with E-state index in [-0.39, 0.29) is 13.0 Å². The number of halogens is 1. The molecule has 0 aromatic heterocycles. The lowest BCUT2D eigenvalue weighted by molar-refractivity contribution is -0.130. The molecule has 0 heterocycles. The van der Waals surface area contributed by atoms with Crippen molar-refractivity contribution >= 4 is 29.5 Å². The lowest BCUT2D eigenvalue weighted by atomic mass is 10.0. The third kappa shape index (κ3) is 7.44. The molecule has 3 amide bonds. The van der Waals surface area contributed by atoms with Crippen LogP contribution >= 0.6 is 11.6 Å². The van der Waals surface area contributed by atoms with Crippen molar-refractivity contribution in [2.24, 2.45) is 5.73 Å². The van der Waals surface area contributed by atoms with Gasteiger partial charge < -0.3 is 30.9 Å². The number of alkyl carbamates (subject to hydrolysis) is 1. The molecule has 10 heteroatoms. The fourth-order valence-electron chi connectivity index (χ4n) is 2.85. The zero-order valence-electron chi connectivity index (χ0n) is 17.7. The number of aliphatic hydroxyl groups excluding tert-OH is 1. The Morgan fingerprint density at radius 3 is 2.34 bits per heavy atom. The zero-order chi connectivity index (χ0) is 23.7. The summed E-state index contributed by atoms with van der Waals surface area (Å²) in [5.41, 5.74) is 6.82. The van der Waals surface area contributed by atoms with Crippen LogP contribution in [0.2, 0.25) is 5.02 Å². The Hall–Kier alpha value is -3.30. The van der Waals surface area contributed by atoms with Crippen molar-refractivity contribution in [3.8, 4) is 5.75 Å². The highest BCUT2D eigenvalue weighted by atomic mass is 35.5. The first-order valence-corrected chi connectivity index (χ1v) is 10.2. The summed E-state index contributed by atoms with van der Waals surface area (Å²) in [5.74, 6) is -1.12. The van der Waals surface area contributed by atoms with Crippen LogP contribution in [0.25, 0.3) is 0 Å². The SMILES string of the molecule is COc1ccc(C[C@@H](NC(=O)[C@@H](NC(=O)OCc2ccccc2)[C@@H](C)O)C(N)=O)cc1Cl. The monoisotopic (exact) mass is 463 g/mol. The van der Waals surface area contributed by atoms with E-state index in [9.17, 15) is 19.5 Å². The molecule has 0 fully saturated rings. The van der Waals surface area contributed by atoms with Gasteiger partial charge in [0.05, 0.1) is 18.2 Å². The van der Waals surface area contributed by atoms with Crippen molar-refractivity contribution in [3.63, 3.8) is 0 Å². The summed E-state index contributed by atoms with van der Waals surface area (Å²) in [4.78, 5) is 36.7. The molecule has 0 bridgehead atoms. The number of rotatable bonds is 10. The van der Waals surface area contributed by atoms with Crippen molar-refractivity contribution in [1.29, 1.82) is 0 Å². The van der Waals surface area contributed by atoms with Crippen molar-refractivity contribution in [1.82, 2.24) is 10.6 Å². The largest absolute Gasteiger partial charge is 0.495 e. The Kier molecular flexibility index (Phi) is 9.30. The predicted octanol–water partition coefficient (Wildman–Crippen LogP) is 1.54. The number of carbonyl (C=O) groups excluding carboxylic acids is 3. The zero-order valence-corrected chi connectivity index (χ0v) is 18.5. The van der Waals surface area contributed by atoms with Gasteiger partial charge in [-0.15, -0.1) is 0 Å². The van der Waals surface area contributed by atoms with Gasteiger partial charge in [0.1, 0.15) is 24.4 Å². The average molecular weight is 464 g/mol. The van der Waals surface area contributed by atoms with E-state index in [2.05, 4.69) is 10.6 Å². The predicted molar refractivity (Wildman–Crippen MR) is 118 cm³/mol. The number of hydrogen-bond donors (Lipinski definition) is 4. The molecule has 0 aliphatic carbocycles. The molecule has 0 radical (unpaired) electrons. The molecule has 0 spiro atoms. The van der Waals surface area contributed by atoms with Gasteiger partial charge in [0, 0.05) is 6.42 Å². The van der Waals surface area contributed by atoms with Crippen LogP contribution in [-0.2, 0) is 27.4 Å². The fourth-order valence-corrected chi connectivity index (χ4v) is 3.13. The topological polar surface area (TPSA) is 140 Å². The quantitative estimate of drug-likeness (QED) is 0.421. The van der Waals surface area contributed by atoms with Gasteiger partial charge in [-0.3, -0.25) is 9.59 Å². The van der Waals surface area contributed by atoms with Crippen LogP contribution < -0.4 is 21.1 Å². The molecular formula is C22H26ClN3O6. The molecule has 2 aromatic rings. The number of primary amides is 1. The first-order chi connectivity index (χ1) is 15.2. The molecule has 0 saturated carbocycles. The van der Waals surface area contributed by atoms with E-state index < -0.39 is 36.1 Å². The summed E-state index contributed by atoms with van der Waals surface area (Å²) >= 11 is 6.10. The van der Waals surface area contributed by atoms with E-state index in [0.717, 1.165) is 5.56 Å². The smallest absolute Gasteiger partial charge is 0.408 e. The maximum absolute atomic E-state index is 12.7. The van der Waals surface area contributed by atoms with E-state index in [4.69, 9.17) is 26.8 Å². The van der Waals surface area contributed by atoms with Gasteiger partial charge in [-0.1, -0.05) is 48.0 Å². The third-order valence-corrected chi connectivity index (χ3v) is 4.86. The lowest BCUT2D eigenvalue weighted by Crippen LogP contribution is -2.57.